The molecule has 0 bridgehead atoms. The van der Waals surface area contributed by atoms with Crippen LogP contribution in [0.4, 0.5) is 0 Å². The molecule has 0 amide bonds. The third kappa shape index (κ3) is 6.73. The molecule has 3 unspecified atom stereocenters. The lowest BCUT2D eigenvalue weighted by atomic mass is 10.1. The molecule has 3 fully saturated rings. The first kappa shape index (κ1) is 23.2. The summed E-state index contributed by atoms with van der Waals surface area (Å²) >= 11 is 0. The fourth-order valence-electron chi connectivity index (χ4n) is 4.31. The number of rotatable bonds is 5. The molecule has 1 N–H and O–H groups in total. The zero-order chi connectivity index (χ0) is 18.6. The van der Waals surface area contributed by atoms with Crippen LogP contribution in [0.1, 0.15) is 52.4 Å². The maximum absolute atomic E-state index is 11.7. The smallest absolute Gasteiger partial charge is 0.194 e. The number of hydrogen-bond donors (Lipinski definition) is 1. The lowest BCUT2D eigenvalue weighted by Gasteiger charge is -2.32. The number of nitrogens with zero attached hydrogens (tertiary/aromatic N) is 3. The van der Waals surface area contributed by atoms with Crippen LogP contribution in [0.15, 0.2) is 4.99 Å². The molecule has 8 heteroatoms. The highest BCUT2D eigenvalue weighted by Gasteiger charge is 2.31. The van der Waals surface area contributed by atoms with Crippen LogP contribution in [0.2, 0.25) is 0 Å². The first-order valence-electron chi connectivity index (χ1n) is 10.5. The highest BCUT2D eigenvalue weighted by atomic mass is 127. The van der Waals surface area contributed by atoms with Crippen LogP contribution in [0.25, 0.3) is 0 Å². The molecule has 3 aliphatic rings. The van der Waals surface area contributed by atoms with Crippen LogP contribution in [0.3, 0.4) is 0 Å². The van der Waals surface area contributed by atoms with Crippen molar-refractivity contribution in [1.29, 1.82) is 0 Å². The van der Waals surface area contributed by atoms with Crippen molar-refractivity contribution in [3.8, 4) is 0 Å². The summed E-state index contributed by atoms with van der Waals surface area (Å²) in [6.45, 7) is 9.57. The molecule has 27 heavy (non-hydrogen) atoms. The van der Waals surface area contributed by atoms with Gasteiger partial charge in [0, 0.05) is 31.7 Å². The van der Waals surface area contributed by atoms with Gasteiger partial charge in [-0.3, -0.25) is 9.89 Å². The summed E-state index contributed by atoms with van der Waals surface area (Å²) in [5.74, 6) is 1.82. The second-order valence-electron chi connectivity index (χ2n) is 8.37. The van der Waals surface area contributed by atoms with E-state index in [1.807, 2.05) is 0 Å². The third-order valence-corrected chi connectivity index (χ3v) is 8.02. The molecular weight excluding hydrogens is 475 g/mol. The van der Waals surface area contributed by atoms with Crippen molar-refractivity contribution in [2.75, 3.05) is 44.2 Å². The van der Waals surface area contributed by atoms with E-state index in [1.54, 1.807) is 0 Å². The van der Waals surface area contributed by atoms with Crippen LogP contribution in [-0.2, 0) is 9.84 Å². The summed E-state index contributed by atoms with van der Waals surface area (Å²) in [5.41, 5.74) is 0. The molecule has 0 aromatic carbocycles. The van der Waals surface area contributed by atoms with Crippen LogP contribution >= 0.6 is 24.0 Å². The van der Waals surface area contributed by atoms with Gasteiger partial charge in [0.2, 0.25) is 0 Å². The Hall–Kier alpha value is -0.0900. The van der Waals surface area contributed by atoms with Gasteiger partial charge >= 0.3 is 0 Å². The maximum Gasteiger partial charge on any atom is 0.194 e. The number of guanidine groups is 1. The van der Waals surface area contributed by atoms with Crippen LogP contribution in [0, 0.1) is 5.92 Å². The molecule has 0 aromatic heterocycles. The zero-order valence-corrected chi connectivity index (χ0v) is 20.0. The van der Waals surface area contributed by atoms with Crippen molar-refractivity contribution < 1.29 is 8.42 Å². The number of halogens is 1. The number of nitrogens with one attached hydrogen (secondary N) is 1. The highest BCUT2D eigenvalue weighted by Crippen LogP contribution is 2.22. The van der Waals surface area contributed by atoms with E-state index in [0.29, 0.717) is 30.1 Å². The van der Waals surface area contributed by atoms with E-state index in [9.17, 15) is 8.42 Å². The minimum atomic E-state index is -2.82. The minimum Gasteiger partial charge on any atom is -0.354 e. The first-order chi connectivity index (χ1) is 12.5. The molecule has 158 valence electrons. The van der Waals surface area contributed by atoms with Crippen molar-refractivity contribution >= 4 is 39.8 Å². The number of piperidine rings is 1. The maximum atomic E-state index is 11.7. The normalized spacial score (nSPS) is 30.1. The average molecular weight is 513 g/mol. The fraction of sp³-hybridized carbons (Fsp3) is 0.947. The van der Waals surface area contributed by atoms with Gasteiger partial charge in [-0.05, 0) is 58.0 Å². The van der Waals surface area contributed by atoms with Gasteiger partial charge < -0.3 is 10.2 Å². The molecule has 3 saturated heterocycles. The Bertz CT molecular complexity index is 593. The fourth-order valence-corrected chi connectivity index (χ4v) is 6.16. The molecule has 3 rings (SSSR count). The van der Waals surface area contributed by atoms with Crippen LogP contribution in [0.5, 0.6) is 0 Å². The molecule has 0 radical (unpaired) electrons. The molecule has 0 aromatic rings. The number of likely N-dealkylation sites (tertiary alicyclic amines) is 2. The van der Waals surface area contributed by atoms with Gasteiger partial charge in [-0.15, -0.1) is 24.0 Å². The van der Waals surface area contributed by atoms with Crippen LogP contribution in [-0.4, -0.2) is 80.5 Å². The summed E-state index contributed by atoms with van der Waals surface area (Å²) in [7, 11) is -2.82. The largest absolute Gasteiger partial charge is 0.354 e. The van der Waals surface area contributed by atoms with E-state index in [1.165, 1.54) is 38.8 Å². The Morgan fingerprint density at radius 3 is 2.56 bits per heavy atom. The Kier molecular flexibility index (Phi) is 9.12. The summed E-state index contributed by atoms with van der Waals surface area (Å²) < 4.78 is 23.4. The predicted molar refractivity (Wildman–Crippen MR) is 123 cm³/mol. The summed E-state index contributed by atoms with van der Waals surface area (Å²) in [6.07, 6.45) is 7.06. The molecule has 0 spiro atoms. The Balaban J connectivity index is 0.00000261. The first-order valence-corrected chi connectivity index (χ1v) is 12.3. The van der Waals surface area contributed by atoms with Crippen molar-refractivity contribution in [3.63, 3.8) is 0 Å². The van der Waals surface area contributed by atoms with Gasteiger partial charge in [0.15, 0.2) is 15.8 Å². The second kappa shape index (κ2) is 10.6. The number of hydrogen-bond acceptors (Lipinski definition) is 4. The topological polar surface area (TPSA) is 65.0 Å². The monoisotopic (exact) mass is 512 g/mol. The molecule has 3 aliphatic heterocycles. The van der Waals surface area contributed by atoms with Gasteiger partial charge in [0.05, 0.1) is 11.5 Å². The number of sulfone groups is 1. The van der Waals surface area contributed by atoms with Gasteiger partial charge in [-0.25, -0.2) is 8.42 Å². The lowest BCUT2D eigenvalue weighted by molar-refractivity contribution is 0.168. The minimum absolute atomic E-state index is 0. The van der Waals surface area contributed by atoms with E-state index >= 15 is 0 Å². The SMILES string of the molecule is CCC(C)NC(=NCC1CCS(=O)(=O)C1)N1CCC(N2CCCCC2)C1.I. The standard InChI is InChI=1S/C19H36N4O2S.HI/c1-3-16(2)21-19(20-13-17-8-12-26(24,25)15-17)23-11-7-18(14-23)22-9-5-4-6-10-22;/h16-18H,3-15H2,1-2H3,(H,20,21);1H. The summed E-state index contributed by atoms with van der Waals surface area (Å²) in [5, 5.41) is 3.58. The van der Waals surface area contributed by atoms with E-state index in [-0.39, 0.29) is 29.9 Å². The average Bonchev–Trinajstić information content (AvgIpc) is 3.25. The third-order valence-electron chi connectivity index (χ3n) is 6.18. The van der Waals surface area contributed by atoms with Crippen molar-refractivity contribution in [3.05, 3.63) is 0 Å². The van der Waals surface area contributed by atoms with E-state index in [4.69, 9.17) is 4.99 Å². The van der Waals surface area contributed by atoms with Gasteiger partial charge in [-0.1, -0.05) is 13.3 Å². The Morgan fingerprint density at radius 1 is 1.19 bits per heavy atom. The highest BCUT2D eigenvalue weighted by molar-refractivity contribution is 14.0. The summed E-state index contributed by atoms with van der Waals surface area (Å²) in [6, 6.07) is 1.03. The van der Waals surface area contributed by atoms with E-state index in [0.717, 1.165) is 31.9 Å². The van der Waals surface area contributed by atoms with E-state index in [2.05, 4.69) is 29.0 Å². The van der Waals surface area contributed by atoms with Gasteiger partial charge in [0.1, 0.15) is 0 Å². The molecule has 6 nitrogen and oxygen atoms in total. The zero-order valence-electron chi connectivity index (χ0n) is 16.9. The molecule has 0 saturated carbocycles. The second-order valence-corrected chi connectivity index (χ2v) is 10.6. The van der Waals surface area contributed by atoms with Crippen LogP contribution < -0.4 is 5.32 Å². The predicted octanol–water partition coefficient (Wildman–Crippen LogP) is 2.34. The quantitative estimate of drug-likeness (QED) is 0.348. The molecule has 3 atom stereocenters. The van der Waals surface area contributed by atoms with Crippen molar-refractivity contribution in [2.24, 2.45) is 10.9 Å². The summed E-state index contributed by atoms with van der Waals surface area (Å²) in [4.78, 5) is 9.93. The lowest BCUT2D eigenvalue weighted by Crippen LogP contribution is -2.46. The van der Waals surface area contributed by atoms with Crippen molar-refractivity contribution in [2.45, 2.75) is 64.5 Å². The molecule has 3 heterocycles. The Labute approximate surface area is 182 Å². The van der Waals surface area contributed by atoms with Gasteiger partial charge in [0.25, 0.3) is 0 Å². The molecule has 0 aliphatic carbocycles. The van der Waals surface area contributed by atoms with Gasteiger partial charge in [-0.2, -0.15) is 0 Å². The molecular formula is C19H37IN4O2S. The van der Waals surface area contributed by atoms with Crippen molar-refractivity contribution in [1.82, 2.24) is 15.1 Å². The number of aliphatic imine (C=N–C) groups is 1. The van der Waals surface area contributed by atoms with E-state index < -0.39 is 9.84 Å². The Morgan fingerprint density at radius 2 is 1.93 bits per heavy atom.